The van der Waals surface area contributed by atoms with E-state index in [1.807, 2.05) is 31.2 Å². The molecule has 0 saturated heterocycles. The van der Waals surface area contributed by atoms with Crippen LogP contribution in [-0.2, 0) is 4.79 Å². The molecule has 0 spiro atoms. The Labute approximate surface area is 220 Å². The Morgan fingerprint density at radius 1 is 0.763 bits per heavy atom. The fourth-order valence-electron chi connectivity index (χ4n) is 3.66. The van der Waals surface area contributed by atoms with Crippen molar-refractivity contribution in [2.24, 2.45) is 0 Å². The molecule has 0 aromatic heterocycles. The van der Waals surface area contributed by atoms with Gasteiger partial charge in [-0.25, -0.2) is 4.39 Å². The summed E-state index contributed by atoms with van der Waals surface area (Å²) >= 11 is 0. The minimum Gasteiger partial charge on any atom is -0.321 e. The number of hydrogen-bond donors (Lipinski definition) is 2. The molecule has 0 saturated carbocycles. The molecule has 2 N–H and O–H groups in total. The van der Waals surface area contributed by atoms with E-state index in [0.717, 1.165) is 11.1 Å². The topological polar surface area (TPSA) is 75.3 Å². The first-order valence-electron chi connectivity index (χ1n) is 11.9. The summed E-state index contributed by atoms with van der Waals surface area (Å²) in [6, 6.07) is 28.6. The van der Waals surface area contributed by atoms with Gasteiger partial charge in [-0.2, -0.15) is 0 Å². The SMILES string of the molecule is Cc1cccc(/C=C(\NC(=O)c2ccccc2)C(=O)Nc2ccc(C(=O)/C=C/c3ccccc3F)cc2)c1. The van der Waals surface area contributed by atoms with Gasteiger partial charge in [0.05, 0.1) is 0 Å². The van der Waals surface area contributed by atoms with Gasteiger partial charge in [-0.1, -0.05) is 66.2 Å². The highest BCUT2D eigenvalue weighted by Gasteiger charge is 2.15. The van der Waals surface area contributed by atoms with Crippen LogP contribution < -0.4 is 10.6 Å². The molecule has 4 aromatic carbocycles. The first-order valence-corrected chi connectivity index (χ1v) is 11.9. The van der Waals surface area contributed by atoms with Crippen molar-refractivity contribution in [1.82, 2.24) is 5.32 Å². The third-order valence-corrected chi connectivity index (χ3v) is 5.63. The standard InChI is InChI=1S/C32H25FN2O3/c1-22-8-7-9-23(20-22)21-29(35-31(37)26-11-3-2-4-12-26)32(38)34-27-17-14-25(15-18-27)30(36)19-16-24-10-5-6-13-28(24)33/h2-21H,1H3,(H,34,38)(H,35,37)/b19-16+,29-21-. The minimum absolute atomic E-state index is 0.0671. The second-order valence-electron chi connectivity index (χ2n) is 8.54. The summed E-state index contributed by atoms with van der Waals surface area (Å²) in [6.45, 7) is 1.94. The van der Waals surface area contributed by atoms with Crippen molar-refractivity contribution in [1.29, 1.82) is 0 Å². The first-order chi connectivity index (χ1) is 18.4. The number of halogens is 1. The number of amides is 2. The largest absolute Gasteiger partial charge is 0.321 e. The predicted molar refractivity (Wildman–Crippen MR) is 148 cm³/mol. The summed E-state index contributed by atoms with van der Waals surface area (Å²) in [5.74, 6) is -1.65. The van der Waals surface area contributed by atoms with Gasteiger partial charge in [-0.05, 0) is 73.2 Å². The van der Waals surface area contributed by atoms with E-state index in [9.17, 15) is 18.8 Å². The lowest BCUT2D eigenvalue weighted by atomic mass is 10.1. The molecule has 0 atom stereocenters. The normalized spacial score (nSPS) is 11.3. The number of carbonyl (C=O) groups is 3. The van der Waals surface area contributed by atoms with E-state index in [-0.39, 0.29) is 11.5 Å². The van der Waals surface area contributed by atoms with Gasteiger partial charge in [0.15, 0.2) is 5.78 Å². The Morgan fingerprint density at radius 3 is 2.18 bits per heavy atom. The van der Waals surface area contributed by atoms with E-state index in [1.165, 1.54) is 18.2 Å². The van der Waals surface area contributed by atoms with Crippen molar-refractivity contribution in [3.8, 4) is 0 Å². The van der Waals surface area contributed by atoms with Crippen molar-refractivity contribution in [2.45, 2.75) is 6.92 Å². The van der Waals surface area contributed by atoms with Crippen molar-refractivity contribution in [3.63, 3.8) is 0 Å². The number of carbonyl (C=O) groups excluding carboxylic acids is 3. The van der Waals surface area contributed by atoms with Crippen molar-refractivity contribution in [3.05, 3.63) is 149 Å². The monoisotopic (exact) mass is 504 g/mol. The molecule has 0 bridgehead atoms. The average molecular weight is 505 g/mol. The number of allylic oxidation sites excluding steroid dienone is 1. The van der Waals surface area contributed by atoms with Crippen molar-refractivity contribution in [2.75, 3.05) is 5.32 Å². The number of aryl methyl sites for hydroxylation is 1. The molecule has 0 fully saturated rings. The van der Waals surface area contributed by atoms with Gasteiger partial charge in [-0.3, -0.25) is 14.4 Å². The molecule has 0 aliphatic heterocycles. The summed E-state index contributed by atoms with van der Waals surface area (Å²) in [5, 5.41) is 5.47. The van der Waals surface area contributed by atoms with Gasteiger partial charge in [-0.15, -0.1) is 0 Å². The fraction of sp³-hybridized carbons (Fsp3) is 0.0312. The Morgan fingerprint density at radius 2 is 1.47 bits per heavy atom. The zero-order valence-electron chi connectivity index (χ0n) is 20.6. The van der Waals surface area contributed by atoms with Gasteiger partial charge in [0.25, 0.3) is 11.8 Å². The van der Waals surface area contributed by atoms with Crippen LogP contribution in [0.25, 0.3) is 12.2 Å². The third kappa shape index (κ3) is 6.98. The zero-order chi connectivity index (χ0) is 26.9. The number of benzene rings is 4. The summed E-state index contributed by atoms with van der Waals surface area (Å²) in [7, 11) is 0. The third-order valence-electron chi connectivity index (χ3n) is 5.63. The summed E-state index contributed by atoms with van der Waals surface area (Å²) in [5.41, 5.74) is 3.38. The van der Waals surface area contributed by atoms with Crippen LogP contribution in [-0.4, -0.2) is 17.6 Å². The molecule has 0 heterocycles. The number of anilines is 1. The molecular weight excluding hydrogens is 479 g/mol. The van der Waals surface area contributed by atoms with Crippen LogP contribution >= 0.6 is 0 Å². The van der Waals surface area contributed by atoms with Gasteiger partial charge < -0.3 is 10.6 Å². The molecule has 38 heavy (non-hydrogen) atoms. The lowest BCUT2D eigenvalue weighted by Crippen LogP contribution is -2.30. The quantitative estimate of drug-likeness (QED) is 0.214. The molecule has 0 radical (unpaired) electrons. The molecule has 4 aromatic rings. The maximum atomic E-state index is 13.8. The highest BCUT2D eigenvalue weighted by molar-refractivity contribution is 6.11. The smallest absolute Gasteiger partial charge is 0.272 e. The molecule has 5 nitrogen and oxygen atoms in total. The van der Waals surface area contributed by atoms with Crippen LogP contribution in [0.5, 0.6) is 0 Å². The molecule has 6 heteroatoms. The number of rotatable bonds is 8. The van der Waals surface area contributed by atoms with Crippen LogP contribution in [0, 0.1) is 12.7 Å². The summed E-state index contributed by atoms with van der Waals surface area (Å²) < 4.78 is 13.8. The molecule has 2 amide bonds. The van der Waals surface area contributed by atoms with E-state index in [0.29, 0.717) is 22.4 Å². The molecule has 0 aliphatic rings. The Balaban J connectivity index is 1.50. The summed E-state index contributed by atoms with van der Waals surface area (Å²) in [6.07, 6.45) is 4.33. The predicted octanol–water partition coefficient (Wildman–Crippen LogP) is 6.44. The van der Waals surface area contributed by atoms with E-state index in [2.05, 4.69) is 10.6 Å². The van der Waals surface area contributed by atoms with Gasteiger partial charge in [0.1, 0.15) is 11.5 Å². The number of ketones is 1. The summed E-state index contributed by atoms with van der Waals surface area (Å²) in [4.78, 5) is 38.5. The van der Waals surface area contributed by atoms with Gasteiger partial charge in [0.2, 0.25) is 0 Å². The Bertz CT molecular complexity index is 1520. The van der Waals surface area contributed by atoms with Crippen LogP contribution in [0.4, 0.5) is 10.1 Å². The highest BCUT2D eigenvalue weighted by atomic mass is 19.1. The van der Waals surface area contributed by atoms with Gasteiger partial charge in [0, 0.05) is 22.4 Å². The Hall–Kier alpha value is -5.10. The zero-order valence-corrected chi connectivity index (χ0v) is 20.6. The molecule has 4 rings (SSSR count). The maximum absolute atomic E-state index is 13.8. The Kier molecular flexibility index (Phi) is 8.36. The van der Waals surface area contributed by atoms with Crippen LogP contribution in [0.3, 0.4) is 0 Å². The second-order valence-corrected chi connectivity index (χ2v) is 8.54. The molecule has 0 aliphatic carbocycles. The molecular formula is C32H25FN2O3. The van der Waals surface area contributed by atoms with Crippen LogP contribution in [0.2, 0.25) is 0 Å². The van der Waals surface area contributed by atoms with E-state index < -0.39 is 17.6 Å². The lowest BCUT2D eigenvalue weighted by molar-refractivity contribution is -0.113. The minimum atomic E-state index is -0.519. The molecule has 0 unspecified atom stereocenters. The number of nitrogens with one attached hydrogen (secondary N) is 2. The highest BCUT2D eigenvalue weighted by Crippen LogP contribution is 2.15. The average Bonchev–Trinajstić information content (AvgIpc) is 2.93. The number of hydrogen-bond acceptors (Lipinski definition) is 3. The van der Waals surface area contributed by atoms with E-state index in [4.69, 9.17) is 0 Å². The lowest BCUT2D eigenvalue weighted by Gasteiger charge is -2.12. The first kappa shape index (κ1) is 26.0. The van der Waals surface area contributed by atoms with E-state index >= 15 is 0 Å². The van der Waals surface area contributed by atoms with Gasteiger partial charge >= 0.3 is 0 Å². The van der Waals surface area contributed by atoms with Crippen molar-refractivity contribution >= 4 is 35.4 Å². The van der Waals surface area contributed by atoms with Crippen LogP contribution in [0.1, 0.15) is 37.4 Å². The second kappa shape index (κ2) is 12.2. The maximum Gasteiger partial charge on any atom is 0.272 e. The van der Waals surface area contributed by atoms with E-state index in [1.54, 1.807) is 78.9 Å². The van der Waals surface area contributed by atoms with Crippen molar-refractivity contribution < 1.29 is 18.8 Å². The molecule has 188 valence electrons. The fourth-order valence-corrected chi connectivity index (χ4v) is 3.66. The van der Waals surface area contributed by atoms with Crippen LogP contribution in [0.15, 0.2) is 115 Å².